The van der Waals surface area contributed by atoms with Crippen LogP contribution in [-0.4, -0.2) is 36.6 Å². The van der Waals surface area contributed by atoms with Crippen molar-refractivity contribution in [2.24, 2.45) is 11.0 Å². The summed E-state index contributed by atoms with van der Waals surface area (Å²) < 4.78 is 11.0. The minimum absolute atomic E-state index is 0.193. The third kappa shape index (κ3) is 6.65. The van der Waals surface area contributed by atoms with E-state index in [0.717, 1.165) is 39.6 Å². The Morgan fingerprint density at radius 1 is 1.02 bits per heavy atom. The first-order valence-corrected chi connectivity index (χ1v) is 14.8. The second-order valence-corrected chi connectivity index (χ2v) is 11.5. The molecular weight excluding hydrogens is 566 g/mol. The number of nitrogens with zero attached hydrogens (tertiary/aromatic N) is 1. The smallest absolute Gasteiger partial charge is 0.343 e. The van der Waals surface area contributed by atoms with Crippen LogP contribution in [0.3, 0.4) is 0 Å². The summed E-state index contributed by atoms with van der Waals surface area (Å²) in [5.74, 6) is -2.36. The fourth-order valence-corrected chi connectivity index (χ4v) is 6.45. The maximum atomic E-state index is 12.9. The van der Waals surface area contributed by atoms with Crippen LogP contribution in [0, 0.1) is 12.8 Å². The molecule has 0 fully saturated rings. The molecule has 1 atom stereocenters. The van der Waals surface area contributed by atoms with Gasteiger partial charge in [-0.2, -0.15) is 5.10 Å². The summed E-state index contributed by atoms with van der Waals surface area (Å²) in [4.78, 5) is 52.3. The second kappa shape index (κ2) is 13.0. The van der Waals surface area contributed by atoms with E-state index in [0.29, 0.717) is 34.0 Å². The highest BCUT2D eigenvalue weighted by Gasteiger charge is 2.30. The zero-order valence-electron chi connectivity index (χ0n) is 24.1. The molecule has 0 bridgehead atoms. The summed E-state index contributed by atoms with van der Waals surface area (Å²) in [5.41, 5.74) is 5.20. The number of hydrazone groups is 1. The number of nitrogens with one attached hydrogen (secondary N) is 2. The first-order chi connectivity index (χ1) is 20.7. The molecule has 9 nitrogen and oxygen atoms in total. The van der Waals surface area contributed by atoms with Gasteiger partial charge >= 0.3 is 23.8 Å². The molecule has 0 radical (unpaired) electrons. The van der Waals surface area contributed by atoms with E-state index in [1.54, 1.807) is 31.2 Å². The van der Waals surface area contributed by atoms with Gasteiger partial charge in [0.2, 0.25) is 0 Å². The zero-order valence-corrected chi connectivity index (χ0v) is 24.9. The molecule has 0 aliphatic heterocycles. The van der Waals surface area contributed by atoms with Crippen molar-refractivity contribution in [2.75, 3.05) is 11.9 Å². The van der Waals surface area contributed by atoms with Gasteiger partial charge in [0.1, 0.15) is 10.8 Å². The van der Waals surface area contributed by atoms with Gasteiger partial charge < -0.3 is 14.8 Å². The third-order valence-corrected chi connectivity index (χ3v) is 8.34. The number of fused-ring (bicyclic) bond motifs is 2. The predicted octanol–water partition coefficient (Wildman–Crippen LogP) is 5.82. The van der Waals surface area contributed by atoms with E-state index in [1.807, 2.05) is 43.3 Å². The van der Waals surface area contributed by atoms with E-state index >= 15 is 0 Å². The molecule has 1 aliphatic carbocycles. The van der Waals surface area contributed by atoms with Crippen molar-refractivity contribution in [1.29, 1.82) is 0 Å². The molecular formula is C33H31N3O6S. The topological polar surface area (TPSA) is 123 Å². The molecule has 1 heterocycles. The number of hydrogen-bond donors (Lipinski definition) is 2. The SMILES string of the molecule is CCOC(=O)c1c(NC(=O)C(=O)NN=Cc2c(OC(=O)c3cccc(C)c3)ccc3ccccc23)sc2c1CCC(C)C2. The predicted molar refractivity (Wildman–Crippen MR) is 166 cm³/mol. The van der Waals surface area contributed by atoms with Crippen LogP contribution < -0.4 is 15.5 Å². The third-order valence-electron chi connectivity index (χ3n) is 7.17. The minimum Gasteiger partial charge on any atom is -0.462 e. The Balaban J connectivity index is 1.35. The van der Waals surface area contributed by atoms with Crippen molar-refractivity contribution in [3.8, 4) is 5.75 Å². The summed E-state index contributed by atoms with van der Waals surface area (Å²) >= 11 is 1.29. The van der Waals surface area contributed by atoms with E-state index in [2.05, 4.69) is 22.8 Å². The molecule has 0 saturated carbocycles. The first-order valence-electron chi connectivity index (χ1n) is 14.0. The van der Waals surface area contributed by atoms with Gasteiger partial charge in [-0.25, -0.2) is 15.0 Å². The molecule has 220 valence electrons. The van der Waals surface area contributed by atoms with E-state index in [1.165, 1.54) is 17.6 Å². The molecule has 43 heavy (non-hydrogen) atoms. The number of amides is 2. The van der Waals surface area contributed by atoms with Gasteiger partial charge in [0.15, 0.2) is 0 Å². The van der Waals surface area contributed by atoms with Crippen LogP contribution in [0.5, 0.6) is 5.75 Å². The Labute approximate surface area is 252 Å². The highest BCUT2D eigenvalue weighted by atomic mass is 32.1. The number of anilines is 1. The standard InChI is InChI=1S/C33H31N3O6S/c1-4-41-33(40)28-24-14-12-20(3)17-27(24)43-31(28)35-29(37)30(38)36-34-18-25-23-11-6-5-9-21(23)13-15-26(25)42-32(39)22-10-7-8-19(2)16-22/h5-11,13,15-16,18,20H,4,12,14,17H2,1-3H3,(H,35,37)(H,36,38). The molecule has 2 amide bonds. The van der Waals surface area contributed by atoms with Crippen LogP contribution in [0.25, 0.3) is 10.8 Å². The quantitative estimate of drug-likeness (QED) is 0.0910. The lowest BCUT2D eigenvalue weighted by atomic mass is 9.88. The summed E-state index contributed by atoms with van der Waals surface area (Å²) in [6.45, 7) is 5.93. The van der Waals surface area contributed by atoms with Crippen LogP contribution in [0.1, 0.15) is 62.6 Å². The van der Waals surface area contributed by atoms with Crippen molar-refractivity contribution in [2.45, 2.75) is 40.0 Å². The fraction of sp³-hybridized carbons (Fsp3) is 0.242. The van der Waals surface area contributed by atoms with Gasteiger partial charge in [-0.1, -0.05) is 55.0 Å². The van der Waals surface area contributed by atoms with Gasteiger partial charge in [-0.05, 0) is 73.6 Å². The lowest BCUT2D eigenvalue weighted by Gasteiger charge is -2.18. The number of thiophene rings is 1. The van der Waals surface area contributed by atoms with Crippen molar-refractivity contribution in [1.82, 2.24) is 5.43 Å². The van der Waals surface area contributed by atoms with E-state index in [-0.39, 0.29) is 12.4 Å². The largest absolute Gasteiger partial charge is 0.462 e. The van der Waals surface area contributed by atoms with Crippen molar-refractivity contribution in [3.63, 3.8) is 0 Å². The average Bonchev–Trinajstić information content (AvgIpc) is 3.34. The normalized spacial score (nSPS) is 14.3. The molecule has 1 aromatic heterocycles. The van der Waals surface area contributed by atoms with E-state index in [9.17, 15) is 19.2 Å². The van der Waals surface area contributed by atoms with Gasteiger partial charge in [0, 0.05) is 10.4 Å². The van der Waals surface area contributed by atoms with Crippen molar-refractivity contribution in [3.05, 3.63) is 93.4 Å². The Morgan fingerprint density at radius 3 is 2.63 bits per heavy atom. The summed E-state index contributed by atoms with van der Waals surface area (Å²) in [6, 6.07) is 18.0. The monoisotopic (exact) mass is 597 g/mol. The molecule has 5 rings (SSSR count). The van der Waals surface area contributed by atoms with Crippen LogP contribution in [-0.2, 0) is 27.2 Å². The number of esters is 2. The number of ether oxygens (including phenoxy) is 2. The van der Waals surface area contributed by atoms with Crippen LogP contribution in [0.4, 0.5) is 5.00 Å². The summed E-state index contributed by atoms with van der Waals surface area (Å²) in [5, 5.41) is 8.48. The highest BCUT2D eigenvalue weighted by molar-refractivity contribution is 7.17. The van der Waals surface area contributed by atoms with E-state index in [4.69, 9.17) is 9.47 Å². The number of hydrogen-bond acceptors (Lipinski definition) is 8. The maximum Gasteiger partial charge on any atom is 0.343 e. The highest BCUT2D eigenvalue weighted by Crippen LogP contribution is 2.40. The number of rotatable bonds is 7. The lowest BCUT2D eigenvalue weighted by molar-refractivity contribution is -0.136. The average molecular weight is 598 g/mol. The van der Waals surface area contributed by atoms with Gasteiger partial charge in [0.05, 0.1) is 23.9 Å². The van der Waals surface area contributed by atoms with Crippen molar-refractivity contribution >= 4 is 57.1 Å². The van der Waals surface area contributed by atoms with Gasteiger partial charge in [-0.3, -0.25) is 9.59 Å². The number of carbonyl (C=O) groups is 4. The van der Waals surface area contributed by atoms with Crippen LogP contribution in [0.15, 0.2) is 65.8 Å². The Hall–Kier alpha value is -4.83. The van der Waals surface area contributed by atoms with Gasteiger partial charge in [-0.15, -0.1) is 11.3 Å². The molecule has 1 aliphatic rings. The minimum atomic E-state index is -1.02. The number of aryl methyl sites for hydroxylation is 1. The summed E-state index contributed by atoms with van der Waals surface area (Å²) in [7, 11) is 0. The second-order valence-electron chi connectivity index (χ2n) is 10.4. The maximum absolute atomic E-state index is 12.9. The molecule has 10 heteroatoms. The number of benzene rings is 3. The summed E-state index contributed by atoms with van der Waals surface area (Å²) in [6.07, 6.45) is 3.76. The van der Waals surface area contributed by atoms with E-state index < -0.39 is 23.8 Å². The molecule has 3 aromatic carbocycles. The molecule has 2 N–H and O–H groups in total. The first kappa shape index (κ1) is 29.7. The molecule has 0 saturated heterocycles. The van der Waals surface area contributed by atoms with Crippen molar-refractivity contribution < 1.29 is 28.7 Å². The van der Waals surface area contributed by atoms with Crippen LogP contribution in [0.2, 0.25) is 0 Å². The zero-order chi connectivity index (χ0) is 30.5. The fourth-order valence-electron chi connectivity index (χ4n) is 5.05. The Kier molecular flexibility index (Phi) is 8.96. The molecule has 1 unspecified atom stereocenters. The van der Waals surface area contributed by atoms with Crippen LogP contribution >= 0.6 is 11.3 Å². The Morgan fingerprint density at radius 2 is 1.84 bits per heavy atom. The van der Waals surface area contributed by atoms with Gasteiger partial charge in [0.25, 0.3) is 0 Å². The number of carbonyl (C=O) groups excluding carboxylic acids is 4. The lowest BCUT2D eigenvalue weighted by Crippen LogP contribution is -2.32. The molecule has 0 spiro atoms. The Bertz CT molecular complexity index is 1760. The molecule has 4 aromatic rings.